The van der Waals surface area contributed by atoms with Gasteiger partial charge in [-0.1, -0.05) is 11.6 Å². The first kappa shape index (κ1) is 32.9. The lowest BCUT2D eigenvalue weighted by atomic mass is 10.0. The van der Waals surface area contributed by atoms with E-state index in [0.717, 1.165) is 56.5 Å². The number of nitrogens with zero attached hydrogens (tertiary/aromatic N) is 5. The van der Waals surface area contributed by atoms with Crippen molar-refractivity contribution >= 4 is 72.1 Å². The van der Waals surface area contributed by atoms with Gasteiger partial charge in [0.05, 0.1) is 52.2 Å². The summed E-state index contributed by atoms with van der Waals surface area (Å²) >= 11 is 10.4. The van der Waals surface area contributed by atoms with Gasteiger partial charge in [0.15, 0.2) is 0 Å². The minimum absolute atomic E-state index is 0.298. The maximum absolute atomic E-state index is 12.1. The van der Waals surface area contributed by atoms with Gasteiger partial charge in [0.2, 0.25) is 16.0 Å². The van der Waals surface area contributed by atoms with Crippen molar-refractivity contribution in [2.45, 2.75) is 31.7 Å². The molecule has 3 N–H and O–H groups in total. The fourth-order valence-electron chi connectivity index (χ4n) is 6.33. The van der Waals surface area contributed by atoms with Crippen LogP contribution in [-0.2, 0) is 16.4 Å². The zero-order valence-electron chi connectivity index (χ0n) is 26.3. The van der Waals surface area contributed by atoms with Crippen LogP contribution in [0.3, 0.4) is 0 Å². The van der Waals surface area contributed by atoms with Crippen molar-refractivity contribution in [1.29, 1.82) is 0 Å². The fraction of sp³-hybridized carbons (Fsp3) is 0.484. The molecule has 0 atom stereocenters. The largest absolute Gasteiger partial charge is 0.494 e. The first-order valence-corrected chi connectivity index (χ1v) is 18.5. The lowest BCUT2D eigenvalue weighted by molar-refractivity contribution is 0.174. The van der Waals surface area contributed by atoms with E-state index in [4.69, 9.17) is 21.1 Å². The Labute approximate surface area is 284 Å². The van der Waals surface area contributed by atoms with E-state index in [0.29, 0.717) is 68.9 Å². The molecule has 0 radical (unpaired) electrons. The van der Waals surface area contributed by atoms with Gasteiger partial charge in [-0.3, -0.25) is 9.62 Å². The van der Waals surface area contributed by atoms with Gasteiger partial charge in [-0.25, -0.2) is 13.4 Å². The molecular weight excluding hydrogens is 696 g/mol. The third-order valence-electron chi connectivity index (χ3n) is 8.71. The van der Waals surface area contributed by atoms with Crippen LogP contribution in [0.25, 0.3) is 0 Å². The van der Waals surface area contributed by atoms with E-state index < -0.39 is 10.0 Å². The van der Waals surface area contributed by atoms with E-state index in [9.17, 15) is 8.42 Å². The normalized spacial score (nSPS) is 18.1. The second-order valence-electron chi connectivity index (χ2n) is 12.0. The lowest BCUT2D eigenvalue weighted by Gasteiger charge is -2.39. The van der Waals surface area contributed by atoms with E-state index >= 15 is 0 Å². The minimum Gasteiger partial charge on any atom is -0.494 e. The summed E-state index contributed by atoms with van der Waals surface area (Å²) in [5, 5.41) is 7.09. The predicted molar refractivity (Wildman–Crippen MR) is 187 cm³/mol. The molecule has 4 heterocycles. The molecule has 12 nitrogen and oxygen atoms in total. The Kier molecular flexibility index (Phi) is 9.99. The van der Waals surface area contributed by atoms with Gasteiger partial charge in [0.25, 0.3) is 0 Å². The van der Waals surface area contributed by atoms with E-state index in [1.165, 1.54) is 19.5 Å². The number of anilines is 6. The van der Waals surface area contributed by atoms with Crippen LogP contribution in [0.2, 0.25) is 5.02 Å². The second-order valence-corrected chi connectivity index (χ2v) is 15.0. The number of fused-ring (bicyclic) bond motifs is 1. The van der Waals surface area contributed by atoms with Crippen LogP contribution < -0.4 is 29.7 Å². The zero-order valence-corrected chi connectivity index (χ0v) is 29.4. The molecule has 0 bridgehead atoms. The summed E-state index contributed by atoms with van der Waals surface area (Å²) in [5.74, 6) is 2.04. The third-order valence-corrected chi connectivity index (χ3v) is 10.2. The average molecular weight is 736 g/mol. The molecule has 2 fully saturated rings. The number of benzene rings is 2. The van der Waals surface area contributed by atoms with Crippen LogP contribution in [0.5, 0.6) is 11.5 Å². The molecule has 1 aromatic heterocycles. The van der Waals surface area contributed by atoms with Gasteiger partial charge in [-0.05, 0) is 73.0 Å². The number of sulfonamides is 1. The molecular formula is C31H40BrClN8O4S. The summed E-state index contributed by atoms with van der Waals surface area (Å²) < 4.78 is 38.9. The second kappa shape index (κ2) is 14.0. The molecule has 0 spiro atoms. The summed E-state index contributed by atoms with van der Waals surface area (Å²) in [7, 11) is 0.312. The quantitative estimate of drug-likeness (QED) is 0.265. The fourth-order valence-corrected chi connectivity index (χ4v) is 7.47. The van der Waals surface area contributed by atoms with Crippen LogP contribution in [0, 0.1) is 0 Å². The van der Waals surface area contributed by atoms with Crippen molar-refractivity contribution in [3.8, 4) is 11.5 Å². The Hall–Kier alpha value is -3.04. The number of hydrogen-bond acceptors (Lipinski definition) is 11. The van der Waals surface area contributed by atoms with Gasteiger partial charge in [0.1, 0.15) is 17.3 Å². The van der Waals surface area contributed by atoms with Crippen molar-refractivity contribution in [3.05, 3.63) is 45.5 Å². The van der Waals surface area contributed by atoms with E-state index in [1.807, 2.05) is 12.1 Å². The Morgan fingerprint density at radius 1 is 1.02 bits per heavy atom. The number of halogens is 2. The zero-order chi connectivity index (χ0) is 32.4. The van der Waals surface area contributed by atoms with Gasteiger partial charge in [-0.2, -0.15) is 4.98 Å². The Morgan fingerprint density at radius 3 is 2.59 bits per heavy atom. The van der Waals surface area contributed by atoms with Crippen LogP contribution in [0.1, 0.15) is 24.8 Å². The molecule has 248 valence electrons. The SMILES string of the molecule is COc1cc(N2CCC(N3CCCN(C)CC3)CC2)c(Cl)cc1Nc1ncc(Br)c(Nc2cc3c(cc2NS(C)(=O)=O)CCO3)n1. The summed E-state index contributed by atoms with van der Waals surface area (Å²) in [6.45, 7) is 7.00. The standard InChI is InChI=1S/C31H40BrClN8O4S/c1-39-8-4-9-40(13-12-39)21-5-10-41(11-6-21)27-18-29(44-2)26(16-23(27)33)36-31-34-19-22(32)30(37-31)35-24-17-28-20(7-14-45-28)15-25(24)38-46(3,42)43/h15-19,21,38H,4-14H2,1-3H3,(H2,34,35,36,37). The van der Waals surface area contributed by atoms with Crippen LogP contribution in [-0.4, -0.2) is 101 Å². The molecule has 3 aliphatic rings. The number of ether oxygens (including phenoxy) is 2. The number of piperidine rings is 1. The van der Waals surface area contributed by atoms with Crippen molar-refractivity contribution in [2.75, 3.05) is 86.5 Å². The molecule has 3 aromatic rings. The molecule has 0 amide bonds. The molecule has 2 saturated heterocycles. The number of methoxy groups -OCH3 is 1. The molecule has 46 heavy (non-hydrogen) atoms. The van der Waals surface area contributed by atoms with Gasteiger partial charge in [0, 0.05) is 57.0 Å². The first-order chi connectivity index (χ1) is 22.1. The van der Waals surface area contributed by atoms with E-state index in [2.05, 4.69) is 63.0 Å². The Bertz CT molecular complexity index is 1690. The van der Waals surface area contributed by atoms with Gasteiger partial charge < -0.3 is 29.9 Å². The molecule has 0 unspecified atom stereocenters. The van der Waals surface area contributed by atoms with Gasteiger partial charge in [-0.15, -0.1) is 0 Å². The highest BCUT2D eigenvalue weighted by molar-refractivity contribution is 9.10. The number of rotatable bonds is 9. The smallest absolute Gasteiger partial charge is 0.229 e. The number of nitrogens with one attached hydrogen (secondary N) is 3. The summed E-state index contributed by atoms with van der Waals surface area (Å²) in [6.07, 6.45) is 6.85. The Balaban J connectivity index is 1.18. The van der Waals surface area contributed by atoms with Crippen molar-refractivity contribution < 1.29 is 17.9 Å². The van der Waals surface area contributed by atoms with Crippen LogP contribution in [0.15, 0.2) is 34.9 Å². The van der Waals surface area contributed by atoms with Crippen LogP contribution >= 0.6 is 27.5 Å². The highest BCUT2D eigenvalue weighted by Gasteiger charge is 2.27. The monoisotopic (exact) mass is 734 g/mol. The molecule has 0 aliphatic carbocycles. The van der Waals surface area contributed by atoms with Crippen LogP contribution in [0.4, 0.5) is 34.5 Å². The Morgan fingerprint density at radius 2 is 1.83 bits per heavy atom. The predicted octanol–water partition coefficient (Wildman–Crippen LogP) is 5.30. The third kappa shape index (κ3) is 7.73. The highest BCUT2D eigenvalue weighted by Crippen LogP contribution is 2.40. The summed E-state index contributed by atoms with van der Waals surface area (Å²) in [6, 6.07) is 7.97. The first-order valence-electron chi connectivity index (χ1n) is 15.5. The molecule has 6 rings (SSSR count). The van der Waals surface area contributed by atoms with E-state index in [-0.39, 0.29) is 0 Å². The highest BCUT2D eigenvalue weighted by atomic mass is 79.9. The summed E-state index contributed by atoms with van der Waals surface area (Å²) in [5.41, 5.74) is 3.40. The van der Waals surface area contributed by atoms with Crippen molar-refractivity contribution in [3.63, 3.8) is 0 Å². The van der Waals surface area contributed by atoms with E-state index in [1.54, 1.807) is 25.4 Å². The maximum Gasteiger partial charge on any atom is 0.229 e. The maximum atomic E-state index is 12.1. The van der Waals surface area contributed by atoms with Crippen molar-refractivity contribution in [1.82, 2.24) is 19.8 Å². The molecule has 0 saturated carbocycles. The average Bonchev–Trinajstić information content (AvgIpc) is 3.36. The number of hydrogen-bond donors (Lipinski definition) is 3. The molecule has 15 heteroatoms. The lowest BCUT2D eigenvalue weighted by Crippen LogP contribution is -2.46. The van der Waals surface area contributed by atoms with Crippen molar-refractivity contribution in [2.24, 2.45) is 0 Å². The molecule has 3 aliphatic heterocycles. The number of likely N-dealkylation sites (N-methyl/N-ethyl adjacent to an activating group) is 1. The topological polar surface area (TPSA) is 124 Å². The van der Waals surface area contributed by atoms with Gasteiger partial charge >= 0.3 is 0 Å². The molecule has 2 aromatic carbocycles. The minimum atomic E-state index is -3.52. The number of aromatic nitrogens is 2. The summed E-state index contributed by atoms with van der Waals surface area (Å²) in [4.78, 5) is 16.5.